The fourth-order valence-electron chi connectivity index (χ4n) is 4.08. The SMILES string of the molecule is Cc1ccc(C[C@]2(C)C(=O)N(c3cc(Cl)c(C)c(Cl)c3)c3ncc(C(=O)NCC(N)=O)n32)cc1. The normalized spacial score (nSPS) is 17.1. The Morgan fingerprint density at radius 1 is 1.12 bits per heavy atom. The van der Waals surface area contributed by atoms with E-state index in [1.807, 2.05) is 31.2 Å². The van der Waals surface area contributed by atoms with Crippen molar-refractivity contribution in [1.82, 2.24) is 14.9 Å². The van der Waals surface area contributed by atoms with Crippen LogP contribution in [0, 0.1) is 13.8 Å². The zero-order valence-corrected chi connectivity index (χ0v) is 20.4. The van der Waals surface area contributed by atoms with Gasteiger partial charge in [-0.15, -0.1) is 0 Å². The number of carbonyl (C=O) groups is 3. The lowest BCUT2D eigenvalue weighted by atomic mass is 9.91. The van der Waals surface area contributed by atoms with E-state index in [0.717, 1.165) is 11.1 Å². The first-order valence-electron chi connectivity index (χ1n) is 10.5. The molecule has 0 aliphatic carbocycles. The first kappa shape index (κ1) is 23.8. The number of imidazole rings is 1. The Hall–Kier alpha value is -3.36. The Bertz CT molecular complexity index is 1300. The number of halogens is 2. The maximum absolute atomic E-state index is 13.9. The first-order chi connectivity index (χ1) is 16.0. The van der Waals surface area contributed by atoms with Crippen molar-refractivity contribution >= 4 is 52.6 Å². The molecule has 2 heterocycles. The molecule has 0 saturated carbocycles. The van der Waals surface area contributed by atoms with Gasteiger partial charge in [0, 0.05) is 16.5 Å². The molecule has 0 spiro atoms. The average molecular weight is 500 g/mol. The summed E-state index contributed by atoms with van der Waals surface area (Å²) in [5.41, 5.74) is 7.24. The van der Waals surface area contributed by atoms with Crippen molar-refractivity contribution in [2.24, 2.45) is 5.73 Å². The predicted octanol–water partition coefficient (Wildman–Crippen LogP) is 3.66. The lowest BCUT2D eigenvalue weighted by molar-refractivity contribution is -0.124. The van der Waals surface area contributed by atoms with Gasteiger partial charge in [0.25, 0.3) is 11.8 Å². The number of hydrogen-bond acceptors (Lipinski definition) is 4. The number of benzene rings is 2. The van der Waals surface area contributed by atoms with Gasteiger partial charge in [0.05, 0.1) is 18.4 Å². The number of carbonyl (C=O) groups excluding carboxylic acids is 3. The molecule has 34 heavy (non-hydrogen) atoms. The van der Waals surface area contributed by atoms with Crippen LogP contribution in [0.15, 0.2) is 42.6 Å². The standard InChI is InChI=1S/C24H23Cl2N5O3/c1-13-4-6-15(7-5-13)10-24(3)22(34)30(16-8-17(25)14(2)18(26)9-16)23-29-11-19(31(23)24)21(33)28-12-20(27)32/h4-9,11H,10,12H2,1-3H3,(H2,27,32)(H,28,33)/t24-/m1/s1. The second-order valence-electron chi connectivity index (χ2n) is 8.54. The molecule has 2 aromatic carbocycles. The molecule has 176 valence electrons. The van der Waals surface area contributed by atoms with Crippen LogP contribution in [0.5, 0.6) is 0 Å². The first-order valence-corrected chi connectivity index (χ1v) is 11.3. The molecular formula is C24H23Cl2N5O3. The van der Waals surface area contributed by atoms with Crippen LogP contribution < -0.4 is 16.0 Å². The van der Waals surface area contributed by atoms with Crippen molar-refractivity contribution in [3.05, 3.63) is 75.0 Å². The zero-order valence-electron chi connectivity index (χ0n) is 18.9. The van der Waals surface area contributed by atoms with Crippen molar-refractivity contribution in [3.8, 4) is 0 Å². The number of nitrogens with two attached hydrogens (primary N) is 1. The topological polar surface area (TPSA) is 110 Å². The Kier molecular flexibility index (Phi) is 6.14. The fourth-order valence-corrected chi connectivity index (χ4v) is 4.56. The smallest absolute Gasteiger partial charge is 0.270 e. The number of aryl methyl sites for hydroxylation is 1. The molecule has 0 bridgehead atoms. The van der Waals surface area contributed by atoms with Gasteiger partial charge < -0.3 is 11.1 Å². The van der Waals surface area contributed by atoms with Crippen LogP contribution in [0.2, 0.25) is 10.0 Å². The van der Waals surface area contributed by atoms with Crippen LogP contribution in [-0.2, 0) is 21.5 Å². The summed E-state index contributed by atoms with van der Waals surface area (Å²) in [5, 5.41) is 3.28. The van der Waals surface area contributed by atoms with Crippen molar-refractivity contribution in [2.75, 3.05) is 11.4 Å². The van der Waals surface area contributed by atoms with Crippen LogP contribution in [0.25, 0.3) is 0 Å². The third-order valence-corrected chi connectivity index (χ3v) is 6.73. The Balaban J connectivity index is 1.86. The van der Waals surface area contributed by atoms with Crippen molar-refractivity contribution in [3.63, 3.8) is 0 Å². The highest BCUT2D eigenvalue weighted by Crippen LogP contribution is 2.44. The molecule has 0 saturated heterocycles. The van der Waals surface area contributed by atoms with Crippen molar-refractivity contribution in [2.45, 2.75) is 32.7 Å². The van der Waals surface area contributed by atoms with Crippen LogP contribution in [0.1, 0.15) is 34.1 Å². The van der Waals surface area contributed by atoms with Crippen LogP contribution in [0.4, 0.5) is 11.6 Å². The van der Waals surface area contributed by atoms with Crippen LogP contribution in [0.3, 0.4) is 0 Å². The lowest BCUT2D eigenvalue weighted by Crippen LogP contribution is -2.43. The number of aromatic nitrogens is 2. The zero-order chi connectivity index (χ0) is 24.8. The molecule has 8 nitrogen and oxygen atoms in total. The molecule has 4 rings (SSSR count). The van der Waals surface area contributed by atoms with Gasteiger partial charge in [0.1, 0.15) is 11.2 Å². The van der Waals surface area contributed by atoms with Gasteiger partial charge in [-0.3, -0.25) is 19.0 Å². The molecule has 3 N–H and O–H groups in total. The molecule has 1 atom stereocenters. The van der Waals surface area contributed by atoms with Gasteiger partial charge in [0.15, 0.2) is 0 Å². The number of rotatable bonds is 6. The second kappa shape index (κ2) is 8.77. The van der Waals surface area contributed by atoms with Gasteiger partial charge in [-0.1, -0.05) is 53.0 Å². The summed E-state index contributed by atoms with van der Waals surface area (Å²) in [6, 6.07) is 11.1. The molecule has 3 aromatic rings. The van der Waals surface area contributed by atoms with E-state index in [1.54, 1.807) is 30.5 Å². The largest absolute Gasteiger partial charge is 0.368 e. The van der Waals surface area contributed by atoms with E-state index in [-0.39, 0.29) is 24.1 Å². The molecule has 0 radical (unpaired) electrons. The molecular weight excluding hydrogens is 477 g/mol. The predicted molar refractivity (Wildman–Crippen MR) is 131 cm³/mol. The second-order valence-corrected chi connectivity index (χ2v) is 9.35. The number of nitrogens with zero attached hydrogens (tertiary/aromatic N) is 3. The average Bonchev–Trinajstić information content (AvgIpc) is 3.30. The van der Waals surface area contributed by atoms with Crippen molar-refractivity contribution in [1.29, 1.82) is 0 Å². The highest BCUT2D eigenvalue weighted by atomic mass is 35.5. The van der Waals surface area contributed by atoms with Gasteiger partial charge >= 0.3 is 0 Å². The summed E-state index contributed by atoms with van der Waals surface area (Å²) < 4.78 is 1.59. The number of primary amides is 1. The van der Waals surface area contributed by atoms with Gasteiger partial charge in [-0.05, 0) is 44.0 Å². The molecule has 1 aliphatic heterocycles. The van der Waals surface area contributed by atoms with Gasteiger partial charge in [-0.2, -0.15) is 0 Å². The summed E-state index contributed by atoms with van der Waals surface area (Å²) in [6.45, 7) is 5.18. The van der Waals surface area contributed by atoms with Gasteiger partial charge in [-0.25, -0.2) is 9.88 Å². The minimum atomic E-state index is -1.19. The molecule has 0 unspecified atom stereocenters. The molecule has 1 aliphatic rings. The Morgan fingerprint density at radius 2 is 1.74 bits per heavy atom. The van der Waals surface area contributed by atoms with E-state index in [1.165, 1.54) is 11.1 Å². The van der Waals surface area contributed by atoms with Crippen LogP contribution in [-0.4, -0.2) is 33.8 Å². The van der Waals surface area contributed by atoms with Crippen molar-refractivity contribution < 1.29 is 14.4 Å². The van der Waals surface area contributed by atoms with E-state index < -0.39 is 17.4 Å². The number of amides is 3. The monoisotopic (exact) mass is 499 g/mol. The summed E-state index contributed by atoms with van der Waals surface area (Å²) in [7, 11) is 0. The Labute approximate surface area is 206 Å². The molecule has 10 heteroatoms. The summed E-state index contributed by atoms with van der Waals surface area (Å²) in [5.74, 6) is -1.29. The summed E-state index contributed by atoms with van der Waals surface area (Å²) in [6.07, 6.45) is 1.67. The number of fused-ring (bicyclic) bond motifs is 1. The molecule has 3 amide bonds. The number of anilines is 2. The summed E-state index contributed by atoms with van der Waals surface area (Å²) in [4.78, 5) is 43.8. The minimum Gasteiger partial charge on any atom is -0.368 e. The summed E-state index contributed by atoms with van der Waals surface area (Å²) >= 11 is 12.7. The molecule has 0 fully saturated rings. The third kappa shape index (κ3) is 4.03. The highest BCUT2D eigenvalue weighted by Gasteiger charge is 2.51. The number of hydrogen-bond donors (Lipinski definition) is 2. The molecule has 1 aromatic heterocycles. The van der Waals surface area contributed by atoms with E-state index in [4.69, 9.17) is 28.9 Å². The quantitative estimate of drug-likeness (QED) is 0.538. The minimum absolute atomic E-state index is 0.131. The van der Waals surface area contributed by atoms with E-state index in [2.05, 4.69) is 10.3 Å². The lowest BCUT2D eigenvalue weighted by Gasteiger charge is -2.26. The number of nitrogens with one attached hydrogen (secondary N) is 1. The fraction of sp³-hybridized carbons (Fsp3) is 0.250. The van der Waals surface area contributed by atoms with E-state index in [9.17, 15) is 14.4 Å². The van der Waals surface area contributed by atoms with E-state index >= 15 is 0 Å². The maximum Gasteiger partial charge on any atom is 0.270 e. The maximum atomic E-state index is 13.9. The third-order valence-electron chi connectivity index (χ3n) is 5.95. The van der Waals surface area contributed by atoms with Gasteiger partial charge in [0.2, 0.25) is 11.9 Å². The van der Waals surface area contributed by atoms with E-state index in [0.29, 0.717) is 27.7 Å². The Morgan fingerprint density at radius 3 is 2.32 bits per heavy atom. The van der Waals surface area contributed by atoms with Crippen LogP contribution >= 0.6 is 23.2 Å². The highest BCUT2D eigenvalue weighted by molar-refractivity contribution is 6.36.